The molecule has 1 aromatic carbocycles. The van der Waals surface area contributed by atoms with Gasteiger partial charge in [0.25, 0.3) is 0 Å². The van der Waals surface area contributed by atoms with Gasteiger partial charge in [0.2, 0.25) is 0 Å². The van der Waals surface area contributed by atoms with Gasteiger partial charge in [-0.1, -0.05) is 30.5 Å². The van der Waals surface area contributed by atoms with Crippen LogP contribution in [0.5, 0.6) is 0 Å². The topological polar surface area (TPSA) is 15.3 Å². The third-order valence-corrected chi connectivity index (χ3v) is 5.02. The van der Waals surface area contributed by atoms with Crippen molar-refractivity contribution in [3.63, 3.8) is 0 Å². The van der Waals surface area contributed by atoms with Crippen LogP contribution in [0.25, 0.3) is 0 Å². The third-order valence-electron chi connectivity index (χ3n) is 4.69. The predicted molar refractivity (Wildman–Crippen MR) is 95.0 cm³/mol. The Morgan fingerprint density at radius 2 is 1.77 bits per heavy atom. The molecule has 1 aromatic rings. The lowest BCUT2D eigenvalue weighted by atomic mass is 9.89. The summed E-state index contributed by atoms with van der Waals surface area (Å²) < 4.78 is 14.4. The maximum Gasteiger partial charge on any atom is 0.129 e. The SMILES string of the molecule is Cl.Cl.Fc1cccc(Cl)c1[C@@H](C1CCCC1)N1CCNCC1. The van der Waals surface area contributed by atoms with Gasteiger partial charge in [0.05, 0.1) is 0 Å². The fourth-order valence-corrected chi connectivity index (χ4v) is 4.02. The molecule has 2 nitrogen and oxygen atoms in total. The fraction of sp³-hybridized carbons (Fsp3) is 0.625. The number of nitrogens with zero attached hydrogens (tertiary/aromatic N) is 1. The molecule has 22 heavy (non-hydrogen) atoms. The first kappa shape index (κ1) is 20.0. The van der Waals surface area contributed by atoms with Gasteiger partial charge in [-0.05, 0) is 30.9 Å². The zero-order chi connectivity index (χ0) is 13.9. The Kier molecular flexibility index (Phi) is 8.44. The second-order valence-electron chi connectivity index (χ2n) is 5.91. The summed E-state index contributed by atoms with van der Waals surface area (Å²) in [5.41, 5.74) is 0.725. The van der Waals surface area contributed by atoms with Crippen molar-refractivity contribution in [2.24, 2.45) is 5.92 Å². The highest BCUT2D eigenvalue weighted by Gasteiger charge is 2.34. The van der Waals surface area contributed by atoms with Gasteiger partial charge in [0.15, 0.2) is 0 Å². The Balaban J connectivity index is 0.00000121. The molecule has 1 atom stereocenters. The summed E-state index contributed by atoms with van der Waals surface area (Å²) in [5, 5.41) is 3.96. The Morgan fingerprint density at radius 3 is 2.36 bits per heavy atom. The second kappa shape index (κ2) is 9.29. The fourth-order valence-electron chi connectivity index (χ4n) is 3.74. The average molecular weight is 370 g/mol. The quantitative estimate of drug-likeness (QED) is 0.846. The van der Waals surface area contributed by atoms with Gasteiger partial charge in [-0.15, -0.1) is 24.8 Å². The van der Waals surface area contributed by atoms with Gasteiger partial charge in [0, 0.05) is 42.8 Å². The first-order valence-electron chi connectivity index (χ1n) is 7.66. The number of piperazine rings is 1. The van der Waals surface area contributed by atoms with Gasteiger partial charge in [-0.25, -0.2) is 4.39 Å². The van der Waals surface area contributed by atoms with E-state index in [-0.39, 0.29) is 36.7 Å². The van der Waals surface area contributed by atoms with Crippen LogP contribution in [0.15, 0.2) is 18.2 Å². The van der Waals surface area contributed by atoms with Gasteiger partial charge >= 0.3 is 0 Å². The van der Waals surface area contributed by atoms with Crippen LogP contribution in [0, 0.1) is 11.7 Å². The minimum Gasteiger partial charge on any atom is -0.314 e. The van der Waals surface area contributed by atoms with E-state index in [9.17, 15) is 4.39 Å². The largest absolute Gasteiger partial charge is 0.314 e. The molecule has 1 aliphatic heterocycles. The number of rotatable bonds is 3. The van der Waals surface area contributed by atoms with Crippen LogP contribution in [-0.4, -0.2) is 31.1 Å². The minimum absolute atomic E-state index is 0. The summed E-state index contributed by atoms with van der Waals surface area (Å²) in [7, 11) is 0. The van der Waals surface area contributed by atoms with Crippen molar-refractivity contribution in [2.45, 2.75) is 31.7 Å². The molecular formula is C16H24Cl3FN2. The molecule has 0 radical (unpaired) electrons. The van der Waals surface area contributed by atoms with Crippen molar-refractivity contribution in [1.82, 2.24) is 10.2 Å². The highest BCUT2D eigenvalue weighted by Crippen LogP contribution is 2.42. The van der Waals surface area contributed by atoms with Crippen LogP contribution in [0.2, 0.25) is 5.02 Å². The molecule has 6 heteroatoms. The zero-order valence-electron chi connectivity index (χ0n) is 12.6. The van der Waals surface area contributed by atoms with E-state index >= 15 is 0 Å². The highest BCUT2D eigenvalue weighted by molar-refractivity contribution is 6.31. The van der Waals surface area contributed by atoms with Crippen molar-refractivity contribution < 1.29 is 4.39 Å². The average Bonchev–Trinajstić information content (AvgIpc) is 2.98. The number of halogens is 4. The summed E-state index contributed by atoms with van der Waals surface area (Å²) in [6, 6.07) is 5.22. The Bertz CT molecular complexity index is 440. The van der Waals surface area contributed by atoms with E-state index in [2.05, 4.69) is 10.2 Å². The van der Waals surface area contributed by atoms with E-state index in [1.54, 1.807) is 12.1 Å². The van der Waals surface area contributed by atoms with Gasteiger partial charge in [-0.2, -0.15) is 0 Å². The zero-order valence-corrected chi connectivity index (χ0v) is 15.0. The summed E-state index contributed by atoms with van der Waals surface area (Å²) in [4.78, 5) is 2.43. The molecule has 1 heterocycles. The second-order valence-corrected chi connectivity index (χ2v) is 6.32. The first-order chi connectivity index (χ1) is 9.77. The van der Waals surface area contributed by atoms with Crippen LogP contribution in [0.3, 0.4) is 0 Å². The maximum absolute atomic E-state index is 14.4. The standard InChI is InChI=1S/C16H22ClFN2.2ClH/c17-13-6-3-7-14(18)15(13)16(12-4-1-2-5-12)20-10-8-19-9-11-20;;/h3,6-7,12,16,19H,1-2,4-5,8-11H2;2*1H/t16-;;/m1../s1. The lowest BCUT2D eigenvalue weighted by Gasteiger charge is -2.39. The number of hydrogen-bond donors (Lipinski definition) is 1. The van der Waals surface area contributed by atoms with Gasteiger partial charge < -0.3 is 5.32 Å². The van der Waals surface area contributed by atoms with E-state index in [4.69, 9.17) is 11.6 Å². The van der Waals surface area contributed by atoms with Crippen molar-refractivity contribution >= 4 is 36.4 Å². The van der Waals surface area contributed by atoms with Crippen LogP contribution in [0.4, 0.5) is 4.39 Å². The molecule has 0 aromatic heterocycles. The molecule has 2 fully saturated rings. The van der Waals surface area contributed by atoms with E-state index in [0.717, 1.165) is 31.7 Å². The molecule has 1 aliphatic carbocycles. The smallest absolute Gasteiger partial charge is 0.129 e. The predicted octanol–water partition coefficient (Wildman–Crippen LogP) is 4.46. The molecule has 2 aliphatic rings. The molecule has 0 amide bonds. The first-order valence-corrected chi connectivity index (χ1v) is 8.04. The van der Waals surface area contributed by atoms with Crippen LogP contribution >= 0.6 is 36.4 Å². The summed E-state index contributed by atoms with van der Waals surface area (Å²) in [6.07, 6.45) is 4.91. The van der Waals surface area contributed by atoms with E-state index < -0.39 is 0 Å². The molecule has 3 rings (SSSR count). The Morgan fingerprint density at radius 1 is 1.14 bits per heavy atom. The normalized spacial score (nSPS) is 21.0. The molecule has 0 spiro atoms. The number of benzene rings is 1. The lowest BCUT2D eigenvalue weighted by Crippen LogP contribution is -2.47. The minimum atomic E-state index is -0.145. The summed E-state index contributed by atoms with van der Waals surface area (Å²) in [6.45, 7) is 3.92. The molecule has 126 valence electrons. The van der Waals surface area contributed by atoms with Crippen molar-refractivity contribution in [2.75, 3.05) is 26.2 Å². The Labute approximate surface area is 149 Å². The van der Waals surface area contributed by atoms with Crippen LogP contribution in [-0.2, 0) is 0 Å². The van der Waals surface area contributed by atoms with E-state index in [1.165, 1.54) is 25.7 Å². The number of nitrogens with one attached hydrogen (secondary N) is 1. The highest BCUT2D eigenvalue weighted by atomic mass is 35.5. The molecule has 1 saturated heterocycles. The summed E-state index contributed by atoms with van der Waals surface area (Å²) in [5.74, 6) is 0.399. The summed E-state index contributed by atoms with van der Waals surface area (Å²) >= 11 is 6.34. The molecule has 0 unspecified atom stereocenters. The number of hydrogen-bond acceptors (Lipinski definition) is 2. The van der Waals surface area contributed by atoms with Crippen molar-refractivity contribution in [3.8, 4) is 0 Å². The monoisotopic (exact) mass is 368 g/mol. The third kappa shape index (κ3) is 4.27. The van der Waals surface area contributed by atoms with Crippen LogP contribution in [0.1, 0.15) is 37.3 Å². The molecule has 1 N–H and O–H groups in total. The van der Waals surface area contributed by atoms with E-state index in [1.807, 2.05) is 6.07 Å². The van der Waals surface area contributed by atoms with Gasteiger partial charge in [0.1, 0.15) is 5.82 Å². The molecule has 1 saturated carbocycles. The van der Waals surface area contributed by atoms with E-state index in [0.29, 0.717) is 10.9 Å². The van der Waals surface area contributed by atoms with Crippen molar-refractivity contribution in [1.29, 1.82) is 0 Å². The van der Waals surface area contributed by atoms with Crippen molar-refractivity contribution in [3.05, 3.63) is 34.6 Å². The lowest BCUT2D eigenvalue weighted by molar-refractivity contribution is 0.122. The maximum atomic E-state index is 14.4. The van der Waals surface area contributed by atoms with Gasteiger partial charge in [-0.3, -0.25) is 4.90 Å². The molecule has 0 bridgehead atoms. The van der Waals surface area contributed by atoms with Crippen LogP contribution < -0.4 is 5.32 Å². The molecular weight excluding hydrogens is 346 g/mol. The Hall–Kier alpha value is -0.0600.